The fraction of sp³-hybridized carbons (Fsp3) is 0.562. The van der Waals surface area contributed by atoms with Gasteiger partial charge in [-0.3, -0.25) is 9.69 Å². The number of rotatable bonds is 4. The molecule has 2 atom stereocenters. The number of nitrogens with zero attached hydrogens (tertiary/aromatic N) is 1. The Hall–Kier alpha value is -1.46. The Morgan fingerprint density at radius 3 is 2.81 bits per heavy atom. The van der Waals surface area contributed by atoms with E-state index in [0.29, 0.717) is 25.2 Å². The maximum absolute atomic E-state index is 12.8. The monoisotopic (exact) mass is 291 g/mol. The van der Waals surface area contributed by atoms with E-state index in [1.807, 2.05) is 0 Å². The molecule has 1 aromatic rings. The number of hydrogen-bond acceptors (Lipinski definition) is 3. The SMILES string of the molecule is O=C(CN1CCC2CCC(C1)N2)NCc1ccc(F)cc1. The predicted octanol–water partition coefficient (Wildman–Crippen LogP) is 1.27. The number of fused-ring (bicyclic) bond motifs is 2. The molecule has 0 spiro atoms. The molecule has 3 rings (SSSR count). The van der Waals surface area contributed by atoms with E-state index in [1.54, 1.807) is 12.1 Å². The predicted molar refractivity (Wildman–Crippen MR) is 79.2 cm³/mol. The standard InChI is InChI=1S/C16H22FN3O/c17-13-3-1-12(2-4-13)9-18-16(21)11-20-8-7-14-5-6-15(10-20)19-14/h1-4,14-15,19H,5-11H2,(H,18,21). The Kier molecular flexibility index (Phi) is 4.51. The van der Waals surface area contributed by atoms with Gasteiger partial charge < -0.3 is 10.6 Å². The second kappa shape index (κ2) is 6.54. The summed E-state index contributed by atoms with van der Waals surface area (Å²) in [7, 11) is 0. The van der Waals surface area contributed by atoms with Crippen molar-refractivity contribution in [1.29, 1.82) is 0 Å². The zero-order valence-corrected chi connectivity index (χ0v) is 12.1. The van der Waals surface area contributed by atoms with Crippen molar-refractivity contribution < 1.29 is 9.18 Å². The van der Waals surface area contributed by atoms with Gasteiger partial charge in [-0.1, -0.05) is 12.1 Å². The van der Waals surface area contributed by atoms with Crippen molar-refractivity contribution in [2.24, 2.45) is 0 Å². The van der Waals surface area contributed by atoms with Crippen molar-refractivity contribution in [3.05, 3.63) is 35.6 Å². The maximum atomic E-state index is 12.8. The van der Waals surface area contributed by atoms with Crippen molar-refractivity contribution in [1.82, 2.24) is 15.5 Å². The first-order valence-electron chi connectivity index (χ1n) is 7.68. The molecule has 2 fully saturated rings. The van der Waals surface area contributed by atoms with Gasteiger partial charge in [0.15, 0.2) is 0 Å². The van der Waals surface area contributed by atoms with E-state index >= 15 is 0 Å². The summed E-state index contributed by atoms with van der Waals surface area (Å²) >= 11 is 0. The van der Waals surface area contributed by atoms with Gasteiger partial charge in [0, 0.05) is 31.7 Å². The van der Waals surface area contributed by atoms with E-state index in [9.17, 15) is 9.18 Å². The quantitative estimate of drug-likeness (QED) is 0.878. The van der Waals surface area contributed by atoms with E-state index in [-0.39, 0.29) is 11.7 Å². The molecule has 2 saturated heterocycles. The Morgan fingerprint density at radius 1 is 1.24 bits per heavy atom. The van der Waals surface area contributed by atoms with Crippen LogP contribution in [0.1, 0.15) is 24.8 Å². The second-order valence-electron chi connectivity index (χ2n) is 6.06. The van der Waals surface area contributed by atoms with Gasteiger partial charge in [0.25, 0.3) is 0 Å². The topological polar surface area (TPSA) is 44.4 Å². The summed E-state index contributed by atoms with van der Waals surface area (Å²) in [6.45, 7) is 2.85. The van der Waals surface area contributed by atoms with Gasteiger partial charge in [0.2, 0.25) is 5.91 Å². The lowest BCUT2D eigenvalue weighted by atomic mass is 10.1. The van der Waals surface area contributed by atoms with Gasteiger partial charge in [0.05, 0.1) is 6.54 Å². The van der Waals surface area contributed by atoms with Crippen LogP contribution in [0.2, 0.25) is 0 Å². The van der Waals surface area contributed by atoms with Gasteiger partial charge >= 0.3 is 0 Å². The van der Waals surface area contributed by atoms with Gasteiger partial charge in [0.1, 0.15) is 5.82 Å². The molecule has 2 heterocycles. The number of carbonyl (C=O) groups excluding carboxylic acids is 1. The summed E-state index contributed by atoms with van der Waals surface area (Å²) in [5.74, 6) is -0.214. The van der Waals surface area contributed by atoms with E-state index < -0.39 is 0 Å². The largest absolute Gasteiger partial charge is 0.351 e. The van der Waals surface area contributed by atoms with E-state index in [4.69, 9.17) is 0 Å². The van der Waals surface area contributed by atoms with Crippen molar-refractivity contribution in [2.45, 2.75) is 37.9 Å². The van der Waals surface area contributed by atoms with E-state index in [0.717, 1.165) is 25.1 Å². The molecule has 0 aromatic heterocycles. The molecule has 2 unspecified atom stereocenters. The Morgan fingerprint density at radius 2 is 2.00 bits per heavy atom. The highest BCUT2D eigenvalue weighted by Gasteiger charge is 2.29. The lowest BCUT2D eigenvalue weighted by molar-refractivity contribution is -0.122. The van der Waals surface area contributed by atoms with E-state index in [1.165, 1.54) is 25.0 Å². The fourth-order valence-electron chi connectivity index (χ4n) is 3.22. The summed E-state index contributed by atoms with van der Waals surface area (Å²) in [6.07, 6.45) is 3.62. The highest BCUT2D eigenvalue weighted by Crippen LogP contribution is 2.20. The minimum atomic E-state index is -0.253. The average molecular weight is 291 g/mol. The summed E-state index contributed by atoms with van der Waals surface area (Å²) in [4.78, 5) is 14.3. The Bertz CT molecular complexity index is 491. The highest BCUT2D eigenvalue weighted by molar-refractivity contribution is 5.78. The van der Waals surface area contributed by atoms with Crippen LogP contribution in [0.3, 0.4) is 0 Å². The second-order valence-corrected chi connectivity index (χ2v) is 6.06. The fourth-order valence-corrected chi connectivity index (χ4v) is 3.22. The van der Waals surface area contributed by atoms with Gasteiger partial charge in [-0.05, 0) is 37.0 Å². The maximum Gasteiger partial charge on any atom is 0.234 e. The Balaban J connectivity index is 1.44. The van der Waals surface area contributed by atoms with Crippen LogP contribution in [0, 0.1) is 5.82 Å². The lowest BCUT2D eigenvalue weighted by Crippen LogP contribution is -2.41. The molecule has 5 heteroatoms. The van der Waals surface area contributed by atoms with Crippen molar-refractivity contribution >= 4 is 5.91 Å². The minimum Gasteiger partial charge on any atom is -0.351 e. The third-order valence-electron chi connectivity index (χ3n) is 4.38. The van der Waals surface area contributed by atoms with Crippen LogP contribution in [-0.2, 0) is 11.3 Å². The van der Waals surface area contributed by atoms with Crippen molar-refractivity contribution in [3.8, 4) is 0 Å². The minimum absolute atomic E-state index is 0.0390. The molecular weight excluding hydrogens is 269 g/mol. The molecule has 0 saturated carbocycles. The van der Waals surface area contributed by atoms with Gasteiger partial charge in [-0.2, -0.15) is 0 Å². The first-order valence-corrected chi connectivity index (χ1v) is 7.68. The van der Waals surface area contributed by atoms with E-state index in [2.05, 4.69) is 15.5 Å². The summed E-state index contributed by atoms with van der Waals surface area (Å²) in [6, 6.07) is 7.41. The summed E-state index contributed by atoms with van der Waals surface area (Å²) in [5.41, 5.74) is 0.918. The number of nitrogens with one attached hydrogen (secondary N) is 2. The summed E-state index contributed by atoms with van der Waals surface area (Å²) in [5, 5.41) is 6.52. The molecule has 114 valence electrons. The summed E-state index contributed by atoms with van der Waals surface area (Å²) < 4.78 is 12.8. The molecule has 2 aliphatic rings. The third-order valence-corrected chi connectivity index (χ3v) is 4.38. The highest BCUT2D eigenvalue weighted by atomic mass is 19.1. The normalized spacial score (nSPS) is 25.6. The number of carbonyl (C=O) groups is 1. The number of halogens is 1. The number of amides is 1. The van der Waals surface area contributed by atoms with Gasteiger partial charge in [-0.25, -0.2) is 4.39 Å². The van der Waals surface area contributed by atoms with Crippen molar-refractivity contribution in [3.63, 3.8) is 0 Å². The average Bonchev–Trinajstić information content (AvgIpc) is 2.81. The molecular formula is C16H22FN3O. The molecule has 4 nitrogen and oxygen atoms in total. The molecule has 0 radical (unpaired) electrons. The van der Waals surface area contributed by atoms with Crippen LogP contribution < -0.4 is 10.6 Å². The van der Waals surface area contributed by atoms with Crippen LogP contribution in [0.5, 0.6) is 0 Å². The Labute approximate surface area is 124 Å². The van der Waals surface area contributed by atoms with Crippen LogP contribution >= 0.6 is 0 Å². The van der Waals surface area contributed by atoms with Gasteiger partial charge in [-0.15, -0.1) is 0 Å². The molecule has 21 heavy (non-hydrogen) atoms. The molecule has 2 bridgehead atoms. The number of benzene rings is 1. The molecule has 0 aliphatic carbocycles. The van der Waals surface area contributed by atoms with Crippen LogP contribution in [0.15, 0.2) is 24.3 Å². The lowest BCUT2D eigenvalue weighted by Gasteiger charge is -2.23. The smallest absolute Gasteiger partial charge is 0.234 e. The first-order chi connectivity index (χ1) is 10.2. The van der Waals surface area contributed by atoms with Crippen LogP contribution in [-0.4, -0.2) is 42.5 Å². The zero-order chi connectivity index (χ0) is 14.7. The third kappa shape index (κ3) is 4.02. The number of likely N-dealkylation sites (tertiary alicyclic amines) is 1. The van der Waals surface area contributed by atoms with Crippen LogP contribution in [0.25, 0.3) is 0 Å². The molecule has 2 aliphatic heterocycles. The molecule has 1 aromatic carbocycles. The van der Waals surface area contributed by atoms with Crippen molar-refractivity contribution in [2.75, 3.05) is 19.6 Å². The number of hydrogen-bond donors (Lipinski definition) is 2. The molecule has 2 N–H and O–H groups in total. The zero-order valence-electron chi connectivity index (χ0n) is 12.1. The molecule has 1 amide bonds. The van der Waals surface area contributed by atoms with Crippen LogP contribution in [0.4, 0.5) is 4.39 Å². The first kappa shape index (κ1) is 14.5.